The Morgan fingerprint density at radius 2 is 1.67 bits per heavy atom. The number of benzene rings is 2. The second-order valence-corrected chi connectivity index (χ2v) is 24.7. The van der Waals surface area contributed by atoms with Crippen LogP contribution in [0.3, 0.4) is 0 Å². The first-order valence-corrected chi connectivity index (χ1v) is 23.0. The second-order valence-electron chi connectivity index (χ2n) is 11.1. The van der Waals surface area contributed by atoms with E-state index in [9.17, 15) is 4.79 Å². The van der Waals surface area contributed by atoms with Crippen LogP contribution in [0.25, 0.3) is 22.5 Å². The standard InChI is InChI=1S/C25H27N6O.3CH3.Sn/c1-2-3-10-22-26-25(15-6-7-16-25)24(32)31(22)17-18-11-13-19(14-12-18)20-8-4-5-9-21(20)23-27-29-30-28-23;;;;/h4-5,8-9,11-14H,2-3,6-7,10,15-17H2,1H3;3*1H3;/q-1;;;;+1/i23-1;;;;. The maximum absolute atomic E-state index is 13.5. The van der Waals surface area contributed by atoms with E-state index in [1.54, 1.807) is 0 Å². The van der Waals surface area contributed by atoms with Gasteiger partial charge in [0.15, 0.2) is 0 Å². The first kappa shape index (κ1) is 25.1. The molecular formula is C28H36N6OSn. The third-order valence-electron chi connectivity index (χ3n) is 7.36. The van der Waals surface area contributed by atoms with Crippen LogP contribution >= 0.6 is 0 Å². The molecule has 1 saturated carbocycles. The molecule has 8 heteroatoms. The van der Waals surface area contributed by atoms with Crippen molar-refractivity contribution in [1.29, 1.82) is 0 Å². The van der Waals surface area contributed by atoms with Crippen molar-refractivity contribution in [3.8, 4) is 22.5 Å². The van der Waals surface area contributed by atoms with Crippen LogP contribution in [-0.4, -0.2) is 59.3 Å². The number of aromatic nitrogens is 4. The van der Waals surface area contributed by atoms with Crippen LogP contribution in [-0.2, 0) is 11.3 Å². The molecule has 0 saturated heterocycles. The molecule has 1 spiro atoms. The van der Waals surface area contributed by atoms with Crippen molar-refractivity contribution < 1.29 is 4.79 Å². The van der Waals surface area contributed by atoms with Crippen molar-refractivity contribution in [1.82, 2.24) is 23.3 Å². The number of hydrogen-bond donors (Lipinski definition) is 0. The number of rotatable bonds is 8. The summed E-state index contributed by atoms with van der Waals surface area (Å²) in [5, 5.41) is 12.7. The van der Waals surface area contributed by atoms with E-state index in [1.807, 2.05) is 11.0 Å². The van der Waals surface area contributed by atoms with Crippen molar-refractivity contribution in [3.05, 3.63) is 54.1 Å². The Labute approximate surface area is 218 Å². The molecule has 1 amide bonds. The topological polar surface area (TPSA) is 76.3 Å². The van der Waals surface area contributed by atoms with Gasteiger partial charge in [-0.25, -0.2) is 0 Å². The van der Waals surface area contributed by atoms with E-state index in [0.29, 0.717) is 6.54 Å². The Morgan fingerprint density at radius 1 is 0.972 bits per heavy atom. The maximum atomic E-state index is 13.5. The Morgan fingerprint density at radius 3 is 2.33 bits per heavy atom. The number of aliphatic imine (C=N–C) groups is 1. The molecule has 0 bridgehead atoms. The Balaban J connectivity index is 1.41. The van der Waals surface area contributed by atoms with Crippen LogP contribution in [0.15, 0.2) is 53.5 Å². The molecule has 0 atom stereocenters. The van der Waals surface area contributed by atoms with Gasteiger partial charge in [0.1, 0.15) is 0 Å². The van der Waals surface area contributed by atoms with E-state index in [1.165, 1.54) is 0 Å². The predicted molar refractivity (Wildman–Crippen MR) is 146 cm³/mol. The number of carbonyl (C=O) groups is 1. The van der Waals surface area contributed by atoms with Gasteiger partial charge in [-0.2, -0.15) is 0 Å². The third-order valence-corrected chi connectivity index (χ3v) is 11.8. The van der Waals surface area contributed by atoms with Gasteiger partial charge in [-0.15, -0.1) is 0 Å². The fourth-order valence-electron chi connectivity index (χ4n) is 5.41. The summed E-state index contributed by atoms with van der Waals surface area (Å²) in [5.74, 6) is 2.04. The van der Waals surface area contributed by atoms with Crippen molar-refractivity contribution in [3.63, 3.8) is 0 Å². The number of unbranched alkanes of at least 4 members (excludes halogenated alkanes) is 1. The van der Waals surface area contributed by atoms with Gasteiger partial charge in [0.05, 0.1) is 0 Å². The van der Waals surface area contributed by atoms with Crippen LogP contribution < -0.4 is 0 Å². The molecule has 1 aromatic heterocycles. The van der Waals surface area contributed by atoms with Crippen molar-refractivity contribution in [2.45, 2.75) is 78.8 Å². The number of amides is 1. The molecule has 2 aliphatic rings. The van der Waals surface area contributed by atoms with Crippen molar-refractivity contribution in [2.75, 3.05) is 0 Å². The molecule has 2 aromatic carbocycles. The normalized spacial score (nSPS) is 17.3. The predicted octanol–water partition coefficient (Wildman–Crippen LogP) is 5.93. The molecule has 1 fully saturated rings. The zero-order chi connectivity index (χ0) is 25.3. The van der Waals surface area contributed by atoms with Crippen LogP contribution in [0.2, 0.25) is 14.8 Å². The van der Waals surface area contributed by atoms with Crippen molar-refractivity contribution in [2.24, 2.45) is 4.99 Å². The summed E-state index contributed by atoms with van der Waals surface area (Å²) in [7, 11) is 0. The molecule has 188 valence electrons. The molecule has 1 aliphatic carbocycles. The van der Waals surface area contributed by atoms with E-state index in [-0.39, 0.29) is 5.91 Å². The van der Waals surface area contributed by atoms with E-state index >= 15 is 0 Å². The average Bonchev–Trinajstić information content (AvgIpc) is 3.60. The number of carbonyl (C=O) groups excluding carboxylic acids is 1. The summed E-state index contributed by atoms with van der Waals surface area (Å²) < 4.78 is 2.08. The van der Waals surface area contributed by atoms with Gasteiger partial charge in [0, 0.05) is 0 Å². The molecule has 7 nitrogen and oxygen atoms in total. The summed E-state index contributed by atoms with van der Waals surface area (Å²) in [6.45, 7) is 2.77. The summed E-state index contributed by atoms with van der Waals surface area (Å²) >= 11 is -2.55. The van der Waals surface area contributed by atoms with Crippen LogP contribution in [0.1, 0.15) is 57.4 Å². The summed E-state index contributed by atoms with van der Waals surface area (Å²) in [4.78, 5) is 27.4. The van der Waals surface area contributed by atoms with Crippen LogP contribution in [0.4, 0.5) is 0 Å². The quantitative estimate of drug-likeness (QED) is 0.305. The SMILES string of the molecule is CCCCC1=NC2(CCCC2)C(=O)N1Cc1ccc(-c2ccccc2-[11c]2nnn[n]2[Sn]([CH3])([CH3])[CH3])cc1. The summed E-state index contributed by atoms with van der Waals surface area (Å²) in [6.07, 6.45) is 7.03. The van der Waals surface area contributed by atoms with Gasteiger partial charge >= 0.3 is 173 Å². The average molecular weight is 590 g/mol. The molecule has 36 heavy (non-hydrogen) atoms. The van der Waals surface area contributed by atoms with E-state index < -0.39 is 24.2 Å². The summed E-state index contributed by atoms with van der Waals surface area (Å²) in [6, 6.07) is 16.9. The monoisotopic (exact) mass is 591 g/mol. The van der Waals surface area contributed by atoms with Crippen LogP contribution in [0.5, 0.6) is 0 Å². The Kier molecular flexibility index (Phi) is 7.03. The molecule has 0 radical (unpaired) electrons. The molecule has 5 rings (SSSR count). The Bertz CT molecular complexity index is 1270. The molecule has 0 unspecified atom stereocenters. The van der Waals surface area contributed by atoms with Gasteiger partial charge in [0.25, 0.3) is 0 Å². The van der Waals surface area contributed by atoms with Crippen molar-refractivity contribution >= 4 is 30.4 Å². The van der Waals surface area contributed by atoms with Gasteiger partial charge in [-0.1, -0.05) is 26.2 Å². The van der Waals surface area contributed by atoms with E-state index in [0.717, 1.165) is 78.9 Å². The van der Waals surface area contributed by atoms with E-state index in [2.05, 4.69) is 82.6 Å². The number of nitrogens with zero attached hydrogens (tertiary/aromatic N) is 6. The van der Waals surface area contributed by atoms with E-state index in [4.69, 9.17) is 4.99 Å². The number of hydrogen-bond acceptors (Lipinski definition) is 5. The molecule has 1 aliphatic heterocycles. The first-order chi connectivity index (χ1) is 17.3. The zero-order valence-electron chi connectivity index (χ0n) is 21.9. The molecule has 0 N–H and O–H groups in total. The zero-order valence-corrected chi connectivity index (χ0v) is 24.7. The first-order valence-electron chi connectivity index (χ1n) is 13.2. The van der Waals surface area contributed by atoms with Gasteiger partial charge in [0.2, 0.25) is 0 Å². The van der Waals surface area contributed by atoms with Crippen LogP contribution in [0, 0.1) is 0 Å². The van der Waals surface area contributed by atoms with Gasteiger partial charge in [-0.3, -0.25) is 0 Å². The molecule has 3 aromatic rings. The number of tetrazole rings is 1. The minimum atomic E-state index is -2.55. The van der Waals surface area contributed by atoms with Gasteiger partial charge < -0.3 is 0 Å². The fourth-order valence-corrected chi connectivity index (χ4v) is 8.57. The fraction of sp³-hybridized carbons (Fsp3) is 0.464. The number of amidine groups is 1. The van der Waals surface area contributed by atoms with Gasteiger partial charge in [-0.05, 0) is 19.3 Å². The Hall–Kier alpha value is -2.55. The third kappa shape index (κ3) is 4.74. The minimum absolute atomic E-state index is 0.209. The summed E-state index contributed by atoms with van der Waals surface area (Å²) in [5.41, 5.74) is 3.92. The molecule has 2 heterocycles. The second kappa shape index (κ2) is 10.1. The molecular weight excluding hydrogens is 554 g/mol.